The third-order valence-electron chi connectivity index (χ3n) is 7.74. The molecule has 5 rings (SSSR count). The van der Waals surface area contributed by atoms with Crippen LogP contribution >= 0.6 is 0 Å². The number of sulfone groups is 1. The van der Waals surface area contributed by atoms with Gasteiger partial charge in [0.1, 0.15) is 0 Å². The van der Waals surface area contributed by atoms with Crippen molar-refractivity contribution in [1.29, 1.82) is 0 Å². The number of rotatable bonds is 7. The van der Waals surface area contributed by atoms with E-state index in [0.717, 1.165) is 53.6 Å². The lowest BCUT2D eigenvalue weighted by molar-refractivity contribution is -0.119. The maximum absolute atomic E-state index is 12.9. The first-order valence-corrected chi connectivity index (χ1v) is 15.4. The van der Waals surface area contributed by atoms with Crippen molar-refractivity contribution in [3.8, 4) is 11.1 Å². The number of aryl methyl sites for hydroxylation is 1. The van der Waals surface area contributed by atoms with E-state index in [1.165, 1.54) is 0 Å². The zero-order valence-electron chi connectivity index (χ0n) is 22.3. The van der Waals surface area contributed by atoms with E-state index in [-0.39, 0.29) is 29.2 Å². The Morgan fingerprint density at radius 3 is 2.15 bits per heavy atom. The molecule has 0 aromatic heterocycles. The van der Waals surface area contributed by atoms with Gasteiger partial charge in [-0.15, -0.1) is 0 Å². The molecule has 1 saturated carbocycles. The smallest absolute Gasteiger partial charge is 0.255 e. The van der Waals surface area contributed by atoms with Crippen molar-refractivity contribution in [1.82, 2.24) is 4.90 Å². The van der Waals surface area contributed by atoms with Crippen LogP contribution in [0.2, 0.25) is 0 Å². The molecule has 3 aromatic carbocycles. The number of nitrogens with zero attached hydrogens (tertiary/aromatic N) is 1. The van der Waals surface area contributed by atoms with Gasteiger partial charge in [0.2, 0.25) is 5.91 Å². The van der Waals surface area contributed by atoms with Crippen LogP contribution in [0.1, 0.15) is 47.2 Å². The zero-order chi connectivity index (χ0) is 27.4. The summed E-state index contributed by atoms with van der Waals surface area (Å²) in [6.45, 7) is 3.83. The second-order valence-electron chi connectivity index (χ2n) is 10.7. The fraction of sp³-hybridized carbons (Fsp3) is 0.355. The van der Waals surface area contributed by atoms with Gasteiger partial charge in [-0.1, -0.05) is 43.2 Å². The van der Waals surface area contributed by atoms with Gasteiger partial charge in [-0.25, -0.2) is 8.42 Å². The summed E-state index contributed by atoms with van der Waals surface area (Å²) in [4.78, 5) is 27.6. The Balaban J connectivity index is 1.19. The quantitative estimate of drug-likeness (QED) is 0.422. The molecular weight excluding hydrogens is 510 g/mol. The Morgan fingerprint density at radius 2 is 1.49 bits per heavy atom. The van der Waals surface area contributed by atoms with Crippen molar-refractivity contribution in [3.63, 3.8) is 0 Å². The van der Waals surface area contributed by atoms with Crippen LogP contribution in [0.4, 0.5) is 11.4 Å². The first-order valence-electron chi connectivity index (χ1n) is 13.6. The molecule has 0 unspecified atom stereocenters. The first kappa shape index (κ1) is 27.1. The standard InChI is InChI=1S/C31H35N3O4S/c1-22-6-13-28(33-30(35)25-4-2-3-5-25)20-29(22)24-9-11-26(12-10-24)31(36)32-27-14-7-23(8-15-27)21-34-16-18-39(37,38)19-17-34/h6-15,20,25H,2-5,16-19,21H2,1H3,(H,32,36)(H,33,35). The Morgan fingerprint density at radius 1 is 0.846 bits per heavy atom. The number of hydrogen-bond acceptors (Lipinski definition) is 5. The normalized spacial score (nSPS) is 17.6. The Hall–Kier alpha value is -3.49. The summed E-state index contributed by atoms with van der Waals surface area (Å²) in [5.74, 6) is 0.442. The SMILES string of the molecule is Cc1ccc(NC(=O)C2CCCC2)cc1-c1ccc(C(=O)Nc2ccc(CN3CCS(=O)(=O)CC3)cc2)cc1. The minimum Gasteiger partial charge on any atom is -0.326 e. The van der Waals surface area contributed by atoms with Gasteiger partial charge in [0, 0.05) is 42.5 Å². The van der Waals surface area contributed by atoms with Crippen molar-refractivity contribution >= 4 is 33.0 Å². The first-order chi connectivity index (χ1) is 18.8. The summed E-state index contributed by atoms with van der Waals surface area (Å²) < 4.78 is 23.3. The second-order valence-corrected chi connectivity index (χ2v) is 13.0. The molecule has 2 fully saturated rings. The van der Waals surface area contributed by atoms with Gasteiger partial charge in [0.15, 0.2) is 9.84 Å². The fourth-order valence-electron chi connectivity index (χ4n) is 5.31. The van der Waals surface area contributed by atoms with Crippen LogP contribution in [0.25, 0.3) is 11.1 Å². The monoisotopic (exact) mass is 545 g/mol. The molecule has 0 atom stereocenters. The third kappa shape index (κ3) is 6.94. The second kappa shape index (κ2) is 11.7. The molecule has 0 spiro atoms. The lowest BCUT2D eigenvalue weighted by atomic mass is 9.98. The van der Waals surface area contributed by atoms with E-state index in [0.29, 0.717) is 30.9 Å². The van der Waals surface area contributed by atoms with E-state index in [2.05, 4.69) is 15.5 Å². The molecule has 1 aliphatic carbocycles. The molecule has 0 bridgehead atoms. The summed E-state index contributed by atoms with van der Waals surface area (Å²) in [7, 11) is -2.89. The van der Waals surface area contributed by atoms with Crippen LogP contribution in [-0.4, -0.2) is 49.7 Å². The lowest BCUT2D eigenvalue weighted by Gasteiger charge is -2.26. The summed E-state index contributed by atoms with van der Waals surface area (Å²) in [5.41, 5.74) is 6.23. The minimum atomic E-state index is -2.89. The maximum atomic E-state index is 12.9. The average Bonchev–Trinajstić information content (AvgIpc) is 3.48. The lowest BCUT2D eigenvalue weighted by Crippen LogP contribution is -2.39. The molecule has 0 radical (unpaired) electrons. The van der Waals surface area contributed by atoms with E-state index in [1.54, 1.807) is 0 Å². The fourth-order valence-corrected chi connectivity index (χ4v) is 6.58. The van der Waals surface area contributed by atoms with Crippen LogP contribution in [0.5, 0.6) is 0 Å². The highest BCUT2D eigenvalue weighted by Gasteiger charge is 2.23. The Bertz CT molecular complexity index is 1430. The van der Waals surface area contributed by atoms with Gasteiger partial charge in [0.25, 0.3) is 5.91 Å². The number of amides is 2. The van der Waals surface area contributed by atoms with Crippen molar-refractivity contribution in [2.75, 3.05) is 35.2 Å². The molecule has 204 valence electrons. The summed E-state index contributed by atoms with van der Waals surface area (Å²) in [6.07, 6.45) is 4.17. The van der Waals surface area contributed by atoms with Crippen LogP contribution in [0.15, 0.2) is 66.7 Å². The molecular formula is C31H35N3O4S. The van der Waals surface area contributed by atoms with Crippen LogP contribution < -0.4 is 10.6 Å². The molecule has 2 N–H and O–H groups in total. The van der Waals surface area contributed by atoms with E-state index in [4.69, 9.17) is 0 Å². The van der Waals surface area contributed by atoms with Gasteiger partial charge >= 0.3 is 0 Å². The predicted octanol–water partition coefficient (Wildman–Crippen LogP) is 5.27. The van der Waals surface area contributed by atoms with Gasteiger partial charge < -0.3 is 10.6 Å². The number of nitrogens with one attached hydrogen (secondary N) is 2. The highest BCUT2D eigenvalue weighted by atomic mass is 32.2. The van der Waals surface area contributed by atoms with Crippen LogP contribution in [0, 0.1) is 12.8 Å². The van der Waals surface area contributed by atoms with E-state index < -0.39 is 9.84 Å². The van der Waals surface area contributed by atoms with Gasteiger partial charge in [-0.3, -0.25) is 14.5 Å². The predicted molar refractivity (Wildman–Crippen MR) is 156 cm³/mol. The number of carbonyl (C=O) groups excluding carboxylic acids is 2. The minimum absolute atomic E-state index is 0.101. The summed E-state index contributed by atoms with van der Waals surface area (Å²) >= 11 is 0. The van der Waals surface area contributed by atoms with Gasteiger partial charge in [0.05, 0.1) is 11.5 Å². The van der Waals surface area contributed by atoms with Crippen LogP contribution in [-0.2, 0) is 21.2 Å². The largest absolute Gasteiger partial charge is 0.326 e. The number of carbonyl (C=O) groups is 2. The Labute approximate surface area is 230 Å². The van der Waals surface area contributed by atoms with E-state index in [9.17, 15) is 18.0 Å². The van der Waals surface area contributed by atoms with E-state index >= 15 is 0 Å². The molecule has 39 heavy (non-hydrogen) atoms. The van der Waals surface area contributed by atoms with Gasteiger partial charge in [-0.05, 0) is 78.4 Å². The van der Waals surface area contributed by atoms with E-state index in [1.807, 2.05) is 73.7 Å². The van der Waals surface area contributed by atoms with Crippen molar-refractivity contribution in [2.45, 2.75) is 39.2 Å². The zero-order valence-corrected chi connectivity index (χ0v) is 23.1. The summed E-state index contributed by atoms with van der Waals surface area (Å²) in [5, 5.41) is 6.03. The number of hydrogen-bond donors (Lipinski definition) is 2. The maximum Gasteiger partial charge on any atom is 0.255 e. The molecule has 2 aliphatic rings. The van der Waals surface area contributed by atoms with Crippen molar-refractivity contribution < 1.29 is 18.0 Å². The molecule has 1 heterocycles. The number of anilines is 2. The highest BCUT2D eigenvalue weighted by molar-refractivity contribution is 7.91. The molecule has 3 aromatic rings. The molecule has 1 saturated heterocycles. The molecule has 1 aliphatic heterocycles. The average molecular weight is 546 g/mol. The topological polar surface area (TPSA) is 95.6 Å². The summed E-state index contributed by atoms with van der Waals surface area (Å²) in [6, 6.07) is 21.1. The van der Waals surface area contributed by atoms with Crippen molar-refractivity contribution in [3.05, 3.63) is 83.4 Å². The molecule has 8 heteroatoms. The van der Waals surface area contributed by atoms with Crippen molar-refractivity contribution in [2.24, 2.45) is 5.92 Å². The van der Waals surface area contributed by atoms with Gasteiger partial charge in [-0.2, -0.15) is 0 Å². The highest BCUT2D eigenvalue weighted by Crippen LogP contribution is 2.29. The Kier molecular flexibility index (Phi) is 8.14. The third-order valence-corrected chi connectivity index (χ3v) is 9.35. The molecule has 2 amide bonds. The van der Waals surface area contributed by atoms with Crippen LogP contribution in [0.3, 0.4) is 0 Å². The molecule has 7 nitrogen and oxygen atoms in total. The number of benzene rings is 3.